The Morgan fingerprint density at radius 2 is 1.96 bits per heavy atom. The molecule has 12 heteroatoms. The molecule has 0 spiro atoms. The lowest BCUT2D eigenvalue weighted by molar-refractivity contribution is -0.126. The molecule has 0 radical (unpaired) electrons. The lowest BCUT2D eigenvalue weighted by Crippen LogP contribution is -2.44. The number of hydrogen-bond acceptors (Lipinski definition) is 8. The van der Waals surface area contributed by atoms with Crippen LogP contribution in [0.5, 0.6) is 0 Å². The van der Waals surface area contributed by atoms with Gasteiger partial charge in [-0.15, -0.1) is 0 Å². The monoisotopic (exact) mass is 357 g/mol. The van der Waals surface area contributed by atoms with Gasteiger partial charge >= 0.3 is 5.69 Å². The van der Waals surface area contributed by atoms with Crippen molar-refractivity contribution in [3.05, 3.63) is 33.1 Å². The third-order valence-corrected chi connectivity index (χ3v) is 3.59. The van der Waals surface area contributed by atoms with Crippen LogP contribution in [0.3, 0.4) is 0 Å². The minimum atomic E-state index is -1.44. The maximum atomic E-state index is 11.7. The molecule has 2 rings (SSSR count). The van der Waals surface area contributed by atoms with Gasteiger partial charge < -0.3 is 31.3 Å². The summed E-state index contributed by atoms with van der Waals surface area (Å²) in [5.74, 6) is -1.04. The number of aliphatic hydroxyl groups is 2. The van der Waals surface area contributed by atoms with E-state index in [0.717, 1.165) is 16.8 Å². The molecule has 138 valence electrons. The molecule has 2 heterocycles. The zero-order valence-corrected chi connectivity index (χ0v) is 13.0. The highest BCUT2D eigenvalue weighted by Crippen LogP contribution is 2.27. The first-order valence-corrected chi connectivity index (χ1v) is 7.40. The standard InChI is InChI=1S/C13H19N5O7/c14-3-8(20)16-5-9(21)15-4-6-10(22)11(23)12(25-6)18-2-1-7(19)17-13(18)24/h1-2,6,10-12,22-23H,3-5,14H2,(H,15,21)(H,16,20)(H,17,19,24)/t6-,10-,11-,12-/m1/s1. The maximum Gasteiger partial charge on any atom is 0.330 e. The smallest absolute Gasteiger partial charge is 0.330 e. The van der Waals surface area contributed by atoms with Gasteiger partial charge in [-0.25, -0.2) is 4.79 Å². The summed E-state index contributed by atoms with van der Waals surface area (Å²) in [5, 5.41) is 24.7. The van der Waals surface area contributed by atoms with Gasteiger partial charge in [-0.05, 0) is 0 Å². The first-order valence-electron chi connectivity index (χ1n) is 7.40. The Labute approximate surface area is 140 Å². The fraction of sp³-hybridized carbons (Fsp3) is 0.538. The van der Waals surface area contributed by atoms with Crippen molar-refractivity contribution in [3.63, 3.8) is 0 Å². The van der Waals surface area contributed by atoms with Gasteiger partial charge in [-0.1, -0.05) is 0 Å². The number of aliphatic hydroxyl groups excluding tert-OH is 2. The number of nitrogens with zero attached hydrogens (tertiary/aromatic N) is 1. The van der Waals surface area contributed by atoms with Crippen LogP contribution in [0.4, 0.5) is 0 Å². The average Bonchev–Trinajstić information content (AvgIpc) is 2.86. The summed E-state index contributed by atoms with van der Waals surface area (Å²) < 4.78 is 6.34. The van der Waals surface area contributed by atoms with Crippen molar-refractivity contribution in [2.45, 2.75) is 24.5 Å². The van der Waals surface area contributed by atoms with E-state index in [1.807, 2.05) is 4.98 Å². The average molecular weight is 357 g/mol. The van der Waals surface area contributed by atoms with E-state index in [1.54, 1.807) is 0 Å². The number of amides is 2. The lowest BCUT2D eigenvalue weighted by atomic mass is 10.1. The van der Waals surface area contributed by atoms with Crippen LogP contribution >= 0.6 is 0 Å². The van der Waals surface area contributed by atoms with E-state index in [2.05, 4.69) is 10.6 Å². The predicted molar refractivity (Wildman–Crippen MR) is 82.3 cm³/mol. The second kappa shape index (κ2) is 8.02. The topological polar surface area (TPSA) is 189 Å². The van der Waals surface area contributed by atoms with Crippen molar-refractivity contribution in [3.8, 4) is 0 Å². The van der Waals surface area contributed by atoms with E-state index in [4.69, 9.17) is 10.5 Å². The maximum absolute atomic E-state index is 11.7. The molecule has 1 aromatic rings. The molecule has 7 N–H and O–H groups in total. The summed E-state index contributed by atoms with van der Waals surface area (Å²) in [7, 11) is 0. The molecule has 1 aliphatic heterocycles. The molecular weight excluding hydrogens is 338 g/mol. The molecule has 25 heavy (non-hydrogen) atoms. The molecule has 1 aliphatic rings. The van der Waals surface area contributed by atoms with Crippen LogP contribution in [0.25, 0.3) is 0 Å². The van der Waals surface area contributed by atoms with Gasteiger partial charge in [0.15, 0.2) is 6.23 Å². The van der Waals surface area contributed by atoms with Crippen LogP contribution in [-0.4, -0.2) is 69.5 Å². The Bertz CT molecular complexity index is 745. The van der Waals surface area contributed by atoms with E-state index in [-0.39, 0.29) is 19.6 Å². The van der Waals surface area contributed by atoms with Crippen LogP contribution in [-0.2, 0) is 14.3 Å². The zero-order chi connectivity index (χ0) is 18.6. The summed E-state index contributed by atoms with van der Waals surface area (Å²) in [4.78, 5) is 47.4. The molecule has 0 saturated carbocycles. The van der Waals surface area contributed by atoms with Crippen LogP contribution in [0, 0.1) is 0 Å². The zero-order valence-electron chi connectivity index (χ0n) is 13.0. The van der Waals surface area contributed by atoms with Gasteiger partial charge in [-0.3, -0.25) is 23.9 Å². The van der Waals surface area contributed by atoms with Crippen LogP contribution in [0.2, 0.25) is 0 Å². The first kappa shape index (κ1) is 18.8. The number of rotatable bonds is 6. The summed E-state index contributed by atoms with van der Waals surface area (Å²) >= 11 is 0. The number of ether oxygens (including phenoxy) is 1. The van der Waals surface area contributed by atoms with Crippen molar-refractivity contribution >= 4 is 11.8 Å². The van der Waals surface area contributed by atoms with Crippen molar-refractivity contribution in [2.24, 2.45) is 5.73 Å². The number of carbonyl (C=O) groups excluding carboxylic acids is 2. The molecule has 0 aromatic carbocycles. The highest BCUT2D eigenvalue weighted by Gasteiger charge is 2.44. The normalized spacial score (nSPS) is 25.6. The number of hydrogen-bond donors (Lipinski definition) is 6. The first-order chi connectivity index (χ1) is 11.8. The molecule has 0 unspecified atom stereocenters. The second-order valence-electron chi connectivity index (χ2n) is 5.35. The summed E-state index contributed by atoms with van der Waals surface area (Å²) in [6.07, 6.45) is -3.90. The summed E-state index contributed by atoms with van der Waals surface area (Å²) in [5.41, 5.74) is 3.66. The Kier molecular flexibility index (Phi) is 6.03. The van der Waals surface area contributed by atoms with E-state index in [9.17, 15) is 29.4 Å². The molecule has 2 amide bonds. The molecule has 1 aromatic heterocycles. The van der Waals surface area contributed by atoms with Crippen molar-refractivity contribution in [2.75, 3.05) is 19.6 Å². The predicted octanol–water partition coefficient (Wildman–Crippen LogP) is -4.65. The van der Waals surface area contributed by atoms with Gasteiger partial charge in [0.1, 0.15) is 18.3 Å². The minimum absolute atomic E-state index is 0.163. The number of H-pyrrole nitrogens is 1. The third kappa shape index (κ3) is 4.51. The number of nitrogens with one attached hydrogen (secondary N) is 3. The van der Waals surface area contributed by atoms with Crippen LogP contribution < -0.4 is 27.6 Å². The Balaban J connectivity index is 1.95. The quantitative estimate of drug-likeness (QED) is 0.293. The fourth-order valence-corrected chi connectivity index (χ4v) is 2.28. The Morgan fingerprint density at radius 3 is 2.60 bits per heavy atom. The molecule has 0 aliphatic carbocycles. The molecule has 4 atom stereocenters. The number of aromatic amines is 1. The molecule has 1 fully saturated rings. The number of nitrogens with two attached hydrogens (primary N) is 1. The van der Waals surface area contributed by atoms with E-state index in [0.29, 0.717) is 0 Å². The van der Waals surface area contributed by atoms with E-state index >= 15 is 0 Å². The van der Waals surface area contributed by atoms with E-state index < -0.39 is 47.6 Å². The molecule has 0 bridgehead atoms. The SMILES string of the molecule is NCC(=O)NCC(=O)NC[C@H]1O[C@@H](n2ccc(=O)[nH]c2=O)[C@H](O)[C@@H]1O. The molecule has 12 nitrogen and oxygen atoms in total. The second-order valence-corrected chi connectivity index (χ2v) is 5.35. The minimum Gasteiger partial charge on any atom is -0.387 e. The van der Waals surface area contributed by atoms with Crippen molar-refractivity contribution < 1.29 is 24.5 Å². The van der Waals surface area contributed by atoms with Crippen molar-refractivity contribution in [1.29, 1.82) is 0 Å². The highest BCUT2D eigenvalue weighted by molar-refractivity contribution is 5.85. The third-order valence-electron chi connectivity index (χ3n) is 3.59. The van der Waals surface area contributed by atoms with Crippen molar-refractivity contribution in [1.82, 2.24) is 20.2 Å². The van der Waals surface area contributed by atoms with Gasteiger partial charge in [0.2, 0.25) is 11.8 Å². The van der Waals surface area contributed by atoms with Gasteiger partial charge in [0, 0.05) is 18.8 Å². The number of carbonyl (C=O) groups is 2. The number of aromatic nitrogens is 2. The highest BCUT2D eigenvalue weighted by atomic mass is 16.6. The van der Waals surface area contributed by atoms with Gasteiger partial charge in [0.05, 0.1) is 13.1 Å². The fourth-order valence-electron chi connectivity index (χ4n) is 2.28. The van der Waals surface area contributed by atoms with E-state index in [1.165, 1.54) is 0 Å². The summed E-state index contributed by atoms with van der Waals surface area (Å²) in [6.45, 7) is -0.714. The van der Waals surface area contributed by atoms with Crippen LogP contribution in [0.1, 0.15) is 6.23 Å². The van der Waals surface area contributed by atoms with Crippen LogP contribution in [0.15, 0.2) is 21.9 Å². The van der Waals surface area contributed by atoms with Gasteiger partial charge in [-0.2, -0.15) is 0 Å². The Hall–Kier alpha value is -2.54. The molecular formula is C13H19N5O7. The van der Waals surface area contributed by atoms with Gasteiger partial charge in [0.25, 0.3) is 5.56 Å². The lowest BCUT2D eigenvalue weighted by Gasteiger charge is -2.16. The largest absolute Gasteiger partial charge is 0.387 e. The summed E-state index contributed by atoms with van der Waals surface area (Å²) in [6, 6.07) is 1.07. The Morgan fingerprint density at radius 1 is 1.24 bits per heavy atom. The molecule has 1 saturated heterocycles.